The third kappa shape index (κ3) is 3.64. The Bertz CT molecular complexity index is 793. The van der Waals surface area contributed by atoms with Crippen molar-refractivity contribution in [3.05, 3.63) is 60.2 Å². The summed E-state index contributed by atoms with van der Waals surface area (Å²) in [6.07, 6.45) is 0.826. The smallest absolute Gasteiger partial charge is 0.338 e. The zero-order valence-corrected chi connectivity index (χ0v) is 15.5. The van der Waals surface area contributed by atoms with Crippen LogP contribution in [-0.4, -0.2) is 25.2 Å². The van der Waals surface area contributed by atoms with E-state index in [1.54, 1.807) is 12.1 Å². The maximum Gasteiger partial charge on any atom is 0.338 e. The van der Waals surface area contributed by atoms with Crippen LogP contribution in [0.25, 0.3) is 11.1 Å². The molecule has 0 spiro atoms. The van der Waals surface area contributed by atoms with Gasteiger partial charge in [-0.2, -0.15) is 0 Å². The summed E-state index contributed by atoms with van der Waals surface area (Å²) in [7, 11) is 0. The summed E-state index contributed by atoms with van der Waals surface area (Å²) >= 11 is 0. The molecule has 0 heterocycles. The molecule has 4 heteroatoms. The first-order valence-corrected chi connectivity index (χ1v) is 8.83. The van der Waals surface area contributed by atoms with E-state index < -0.39 is 11.4 Å². The minimum atomic E-state index is -0.418. The predicted molar refractivity (Wildman–Crippen MR) is 99.6 cm³/mol. The minimum absolute atomic E-state index is 0.0126. The van der Waals surface area contributed by atoms with Gasteiger partial charge in [0.05, 0.1) is 11.0 Å². The highest BCUT2D eigenvalue weighted by atomic mass is 16.6. The van der Waals surface area contributed by atoms with Crippen molar-refractivity contribution in [1.82, 2.24) is 0 Å². The van der Waals surface area contributed by atoms with E-state index in [4.69, 9.17) is 9.47 Å². The molecule has 1 fully saturated rings. The van der Waals surface area contributed by atoms with E-state index in [-0.39, 0.29) is 24.6 Å². The molecular weight excluding hydrogens is 328 g/mol. The van der Waals surface area contributed by atoms with Gasteiger partial charge in [0.15, 0.2) is 0 Å². The molecule has 0 aromatic heterocycles. The molecule has 1 aliphatic rings. The molecule has 0 saturated heterocycles. The normalized spacial score (nSPS) is 20.3. The van der Waals surface area contributed by atoms with Gasteiger partial charge >= 0.3 is 11.9 Å². The van der Waals surface area contributed by atoms with Gasteiger partial charge in [0.1, 0.15) is 13.2 Å². The lowest BCUT2D eigenvalue weighted by molar-refractivity contribution is -0.152. The first kappa shape index (κ1) is 18.2. The van der Waals surface area contributed by atoms with E-state index in [0.717, 1.165) is 17.5 Å². The Labute approximate surface area is 154 Å². The fraction of sp³-hybridized carbons (Fsp3) is 0.364. The molecule has 0 bridgehead atoms. The number of hydrogen-bond donors (Lipinski definition) is 0. The van der Waals surface area contributed by atoms with Crippen LogP contribution < -0.4 is 0 Å². The minimum Gasteiger partial charge on any atom is -0.462 e. The molecule has 4 nitrogen and oxygen atoms in total. The van der Waals surface area contributed by atoms with Gasteiger partial charge in [0.2, 0.25) is 0 Å². The summed E-state index contributed by atoms with van der Waals surface area (Å²) in [5.41, 5.74) is 2.18. The highest BCUT2D eigenvalue weighted by Crippen LogP contribution is 2.63. The molecule has 26 heavy (non-hydrogen) atoms. The zero-order valence-electron chi connectivity index (χ0n) is 15.5. The van der Waals surface area contributed by atoms with Crippen molar-refractivity contribution in [1.29, 1.82) is 0 Å². The lowest BCUT2D eigenvalue weighted by Crippen LogP contribution is -2.23. The third-order valence-corrected chi connectivity index (χ3v) is 5.39. The summed E-state index contributed by atoms with van der Waals surface area (Å²) in [4.78, 5) is 24.2. The number of ether oxygens (including phenoxy) is 2. The quantitative estimate of drug-likeness (QED) is 0.568. The summed E-state index contributed by atoms with van der Waals surface area (Å²) in [5.74, 6) is -0.635. The molecule has 3 rings (SSSR count). The zero-order chi connectivity index (χ0) is 18.8. The third-order valence-electron chi connectivity index (χ3n) is 5.39. The van der Waals surface area contributed by atoms with E-state index in [0.29, 0.717) is 5.56 Å². The molecule has 0 N–H and O–H groups in total. The predicted octanol–water partition coefficient (Wildman–Crippen LogP) is 4.49. The number of hydrogen-bond acceptors (Lipinski definition) is 4. The maximum absolute atomic E-state index is 12.1. The SMILES string of the molecule is CC1(C)CC1(C)C(=O)OCCOC(=O)c1ccc(-c2ccccc2)cc1. The van der Waals surface area contributed by atoms with E-state index in [1.165, 1.54) is 0 Å². The molecule has 136 valence electrons. The molecule has 2 aromatic rings. The Morgan fingerprint density at radius 3 is 1.96 bits per heavy atom. The summed E-state index contributed by atoms with van der Waals surface area (Å²) in [5, 5.41) is 0. The van der Waals surface area contributed by atoms with Gasteiger partial charge in [-0.1, -0.05) is 56.3 Å². The Morgan fingerprint density at radius 1 is 0.846 bits per heavy atom. The van der Waals surface area contributed by atoms with E-state index in [9.17, 15) is 9.59 Å². The molecular formula is C22H24O4. The summed E-state index contributed by atoms with van der Waals surface area (Å²) in [6, 6.07) is 17.2. The average Bonchev–Trinajstić information content (AvgIpc) is 3.18. The Hall–Kier alpha value is -2.62. The van der Waals surface area contributed by atoms with Crippen LogP contribution in [0.4, 0.5) is 0 Å². The van der Waals surface area contributed by atoms with Crippen LogP contribution in [0.2, 0.25) is 0 Å². The number of carbonyl (C=O) groups is 2. The highest BCUT2D eigenvalue weighted by Gasteiger charge is 2.63. The van der Waals surface area contributed by atoms with Crippen LogP contribution in [-0.2, 0) is 14.3 Å². The van der Waals surface area contributed by atoms with Crippen LogP contribution >= 0.6 is 0 Å². The molecule has 1 saturated carbocycles. The highest BCUT2D eigenvalue weighted by molar-refractivity contribution is 5.90. The topological polar surface area (TPSA) is 52.6 Å². The first-order chi connectivity index (χ1) is 12.3. The molecule has 0 radical (unpaired) electrons. The monoisotopic (exact) mass is 352 g/mol. The Kier molecular flexibility index (Phi) is 4.86. The number of benzene rings is 2. The molecule has 0 aliphatic heterocycles. The maximum atomic E-state index is 12.1. The van der Waals surface area contributed by atoms with Crippen LogP contribution in [0.3, 0.4) is 0 Å². The van der Waals surface area contributed by atoms with Crippen LogP contribution in [0.15, 0.2) is 54.6 Å². The Morgan fingerprint density at radius 2 is 1.38 bits per heavy atom. The first-order valence-electron chi connectivity index (χ1n) is 8.83. The van der Waals surface area contributed by atoms with Gasteiger partial charge in [-0.25, -0.2) is 4.79 Å². The Balaban J connectivity index is 1.46. The van der Waals surface area contributed by atoms with Gasteiger partial charge in [0, 0.05) is 0 Å². The second-order valence-corrected chi connectivity index (χ2v) is 7.61. The summed E-state index contributed by atoms with van der Waals surface area (Å²) in [6.45, 7) is 6.15. The van der Waals surface area contributed by atoms with Crippen molar-refractivity contribution in [3.63, 3.8) is 0 Å². The average molecular weight is 352 g/mol. The van der Waals surface area contributed by atoms with Gasteiger partial charge in [-0.15, -0.1) is 0 Å². The van der Waals surface area contributed by atoms with Crippen LogP contribution in [0, 0.1) is 10.8 Å². The van der Waals surface area contributed by atoms with Crippen molar-refractivity contribution < 1.29 is 19.1 Å². The second-order valence-electron chi connectivity index (χ2n) is 7.61. The number of rotatable bonds is 6. The van der Waals surface area contributed by atoms with E-state index in [2.05, 4.69) is 0 Å². The van der Waals surface area contributed by atoms with E-state index in [1.807, 2.05) is 63.2 Å². The van der Waals surface area contributed by atoms with Crippen LogP contribution in [0.5, 0.6) is 0 Å². The molecule has 1 unspecified atom stereocenters. The van der Waals surface area contributed by atoms with Crippen LogP contribution in [0.1, 0.15) is 37.6 Å². The molecule has 2 aromatic carbocycles. The molecule has 0 amide bonds. The van der Waals surface area contributed by atoms with Gasteiger partial charge < -0.3 is 9.47 Å². The number of carbonyl (C=O) groups excluding carboxylic acids is 2. The van der Waals surface area contributed by atoms with Crippen molar-refractivity contribution in [3.8, 4) is 11.1 Å². The summed E-state index contributed by atoms with van der Waals surface area (Å²) < 4.78 is 10.4. The van der Waals surface area contributed by atoms with Crippen molar-refractivity contribution in [2.75, 3.05) is 13.2 Å². The lowest BCUT2D eigenvalue weighted by atomic mass is 9.99. The molecule has 1 atom stereocenters. The largest absolute Gasteiger partial charge is 0.462 e. The fourth-order valence-corrected chi connectivity index (χ4v) is 3.13. The van der Waals surface area contributed by atoms with Crippen molar-refractivity contribution in [2.45, 2.75) is 27.2 Å². The van der Waals surface area contributed by atoms with Gasteiger partial charge in [-0.05, 0) is 42.0 Å². The van der Waals surface area contributed by atoms with Crippen molar-refractivity contribution >= 4 is 11.9 Å². The van der Waals surface area contributed by atoms with E-state index >= 15 is 0 Å². The standard InChI is InChI=1S/C22H24O4/c1-21(2)15-22(21,3)20(24)26-14-13-25-19(23)18-11-9-17(10-12-18)16-7-5-4-6-8-16/h4-12H,13-15H2,1-3H3. The fourth-order valence-electron chi connectivity index (χ4n) is 3.13. The second kappa shape index (κ2) is 6.94. The van der Waals surface area contributed by atoms with Gasteiger partial charge in [-0.3, -0.25) is 4.79 Å². The molecule has 1 aliphatic carbocycles. The van der Waals surface area contributed by atoms with Crippen molar-refractivity contribution in [2.24, 2.45) is 10.8 Å². The lowest BCUT2D eigenvalue weighted by Gasteiger charge is -2.14. The number of esters is 2. The van der Waals surface area contributed by atoms with Gasteiger partial charge in [0.25, 0.3) is 0 Å².